The molecule has 34 heavy (non-hydrogen) atoms. The van der Waals surface area contributed by atoms with Gasteiger partial charge in [-0.05, 0) is 51.8 Å². The first-order valence-electron chi connectivity index (χ1n) is 11.7. The Bertz CT molecular complexity index is 1410. The second kappa shape index (κ2) is 9.93. The number of nitrogens with zero attached hydrogens (tertiary/aromatic N) is 4. The summed E-state index contributed by atoms with van der Waals surface area (Å²) in [7, 11) is 0. The highest BCUT2D eigenvalue weighted by molar-refractivity contribution is 7.15. The zero-order valence-corrected chi connectivity index (χ0v) is 21.3. The number of carbonyl (C=O) groups excluding carboxylic acids is 1. The Morgan fingerprint density at radius 2 is 1.91 bits per heavy atom. The van der Waals surface area contributed by atoms with Crippen LogP contribution in [0.1, 0.15) is 54.4 Å². The molecule has 0 saturated heterocycles. The smallest absolute Gasteiger partial charge is 0.268 e. The first kappa shape index (κ1) is 23.9. The first-order chi connectivity index (χ1) is 16.3. The monoisotopic (exact) mass is 477 g/mol. The van der Waals surface area contributed by atoms with Gasteiger partial charge in [0.05, 0.1) is 23.4 Å². The molecule has 1 amide bonds. The van der Waals surface area contributed by atoms with Crippen LogP contribution in [-0.2, 0) is 11.2 Å². The molecule has 0 spiro atoms. The number of aryl methyl sites for hydroxylation is 4. The fourth-order valence-corrected chi connectivity index (χ4v) is 5.16. The molecule has 4 aromatic rings. The molecule has 0 aliphatic heterocycles. The normalized spacial score (nSPS) is 11.3. The number of rotatable bonds is 8. The van der Waals surface area contributed by atoms with Gasteiger partial charge in [-0.3, -0.25) is 14.0 Å². The maximum Gasteiger partial charge on any atom is 0.268 e. The molecule has 178 valence electrons. The molecular weight excluding hydrogens is 446 g/mol. The Hall–Kier alpha value is -3.26. The van der Waals surface area contributed by atoms with Crippen LogP contribution in [-0.4, -0.2) is 31.6 Å². The molecular formula is C26H31N5O2S. The van der Waals surface area contributed by atoms with Gasteiger partial charge in [-0.2, -0.15) is 5.10 Å². The van der Waals surface area contributed by atoms with E-state index in [1.165, 1.54) is 16.9 Å². The zero-order chi connectivity index (χ0) is 24.4. The Labute approximate surface area is 203 Å². The number of benzene rings is 1. The minimum absolute atomic E-state index is 0.0835. The maximum atomic E-state index is 13.6. The number of thiazole rings is 1. The minimum Gasteiger partial charge on any atom is -0.356 e. The van der Waals surface area contributed by atoms with Crippen molar-refractivity contribution in [2.24, 2.45) is 0 Å². The van der Waals surface area contributed by atoms with Gasteiger partial charge in [-0.25, -0.2) is 9.67 Å². The molecule has 3 aromatic heterocycles. The summed E-state index contributed by atoms with van der Waals surface area (Å²) in [4.78, 5) is 31.3. The first-order valence-corrected chi connectivity index (χ1v) is 12.6. The van der Waals surface area contributed by atoms with Crippen molar-refractivity contribution in [3.63, 3.8) is 0 Å². The van der Waals surface area contributed by atoms with Crippen molar-refractivity contribution >= 4 is 22.2 Å². The van der Waals surface area contributed by atoms with Crippen LogP contribution in [0.2, 0.25) is 0 Å². The fourth-order valence-electron chi connectivity index (χ4n) is 4.24. The molecule has 3 heterocycles. The third kappa shape index (κ3) is 4.68. The lowest BCUT2D eigenvalue weighted by Gasteiger charge is -2.09. The molecule has 8 heteroatoms. The standard InChI is InChI=1S/C26H31N5O2S/c1-6-7-8-11-27-23(32)14-20-15-34-26-28-19(5)24(25(33)30(20)26)21-13-18(4)31(29-21)22-10-9-16(2)12-17(22)3/h9-10,12-13,15H,6-8,11,14H2,1-5H3,(H,27,32). The van der Waals surface area contributed by atoms with Crippen LogP contribution in [0.25, 0.3) is 21.9 Å². The van der Waals surface area contributed by atoms with Gasteiger partial charge in [0.2, 0.25) is 5.91 Å². The summed E-state index contributed by atoms with van der Waals surface area (Å²) in [5, 5.41) is 9.58. The number of carbonyl (C=O) groups is 1. The fraction of sp³-hybridized carbons (Fsp3) is 0.385. The van der Waals surface area contributed by atoms with E-state index in [0.717, 1.165) is 36.2 Å². The highest BCUT2D eigenvalue weighted by Crippen LogP contribution is 2.25. The average Bonchev–Trinajstić information content (AvgIpc) is 3.34. The molecule has 0 radical (unpaired) electrons. The number of aromatic nitrogens is 4. The van der Waals surface area contributed by atoms with Crippen LogP contribution in [0.5, 0.6) is 0 Å². The van der Waals surface area contributed by atoms with Gasteiger partial charge >= 0.3 is 0 Å². The largest absolute Gasteiger partial charge is 0.356 e. The summed E-state index contributed by atoms with van der Waals surface area (Å²) in [6.45, 7) is 10.7. The van der Waals surface area contributed by atoms with E-state index in [-0.39, 0.29) is 17.9 Å². The van der Waals surface area contributed by atoms with E-state index in [0.29, 0.717) is 34.2 Å². The van der Waals surface area contributed by atoms with Crippen LogP contribution in [0.15, 0.2) is 34.4 Å². The van der Waals surface area contributed by atoms with Gasteiger partial charge in [0.15, 0.2) is 4.96 Å². The number of hydrogen-bond acceptors (Lipinski definition) is 5. The van der Waals surface area contributed by atoms with E-state index in [1.807, 2.05) is 36.0 Å². The van der Waals surface area contributed by atoms with Crippen LogP contribution >= 0.6 is 11.3 Å². The molecule has 0 aliphatic carbocycles. The predicted octanol–water partition coefficient (Wildman–Crippen LogP) is 4.69. The highest BCUT2D eigenvalue weighted by Gasteiger charge is 2.20. The lowest BCUT2D eigenvalue weighted by atomic mass is 10.1. The molecule has 0 aliphatic rings. The second-order valence-corrected chi connectivity index (χ2v) is 9.67. The summed E-state index contributed by atoms with van der Waals surface area (Å²) in [5.41, 5.74) is 6.36. The second-order valence-electron chi connectivity index (χ2n) is 8.83. The SMILES string of the molecule is CCCCCNC(=O)Cc1csc2nc(C)c(-c3cc(C)n(-c4ccc(C)cc4C)n3)c(=O)n12. The number of nitrogens with one attached hydrogen (secondary N) is 1. The Morgan fingerprint density at radius 3 is 2.65 bits per heavy atom. The maximum absolute atomic E-state index is 13.6. The van der Waals surface area contributed by atoms with Gasteiger partial charge < -0.3 is 5.32 Å². The van der Waals surface area contributed by atoms with Crippen molar-refractivity contribution < 1.29 is 4.79 Å². The summed E-state index contributed by atoms with van der Waals surface area (Å²) >= 11 is 1.37. The van der Waals surface area contributed by atoms with E-state index in [4.69, 9.17) is 5.10 Å². The van der Waals surface area contributed by atoms with Crippen molar-refractivity contribution in [3.8, 4) is 16.9 Å². The molecule has 0 saturated carbocycles. The Balaban J connectivity index is 1.71. The molecule has 0 unspecified atom stereocenters. The highest BCUT2D eigenvalue weighted by atomic mass is 32.1. The summed E-state index contributed by atoms with van der Waals surface area (Å²) < 4.78 is 3.43. The summed E-state index contributed by atoms with van der Waals surface area (Å²) in [6, 6.07) is 8.14. The van der Waals surface area contributed by atoms with Gasteiger partial charge in [0, 0.05) is 23.3 Å². The molecule has 7 nitrogen and oxygen atoms in total. The number of fused-ring (bicyclic) bond motifs is 1. The molecule has 0 atom stereocenters. The summed E-state index contributed by atoms with van der Waals surface area (Å²) in [5.74, 6) is -0.0835. The van der Waals surface area contributed by atoms with E-state index < -0.39 is 0 Å². The number of amides is 1. The molecule has 4 rings (SSSR count). The number of unbranched alkanes of at least 4 members (excludes halogenated alkanes) is 2. The zero-order valence-electron chi connectivity index (χ0n) is 20.4. The molecule has 0 fully saturated rings. The van der Waals surface area contributed by atoms with Gasteiger partial charge in [-0.1, -0.05) is 37.5 Å². The van der Waals surface area contributed by atoms with Crippen molar-refractivity contribution in [1.82, 2.24) is 24.5 Å². The molecule has 1 aromatic carbocycles. The molecule has 1 N–H and O–H groups in total. The van der Waals surface area contributed by atoms with E-state index in [1.54, 1.807) is 4.40 Å². The van der Waals surface area contributed by atoms with E-state index >= 15 is 0 Å². The third-order valence-corrected chi connectivity index (χ3v) is 6.86. The van der Waals surface area contributed by atoms with Crippen LogP contribution in [0.4, 0.5) is 0 Å². The average molecular weight is 478 g/mol. The van der Waals surface area contributed by atoms with Gasteiger partial charge in [-0.15, -0.1) is 11.3 Å². The quantitative estimate of drug-likeness (QED) is 0.373. The number of hydrogen-bond donors (Lipinski definition) is 1. The topological polar surface area (TPSA) is 81.3 Å². The Morgan fingerprint density at radius 1 is 1.12 bits per heavy atom. The van der Waals surface area contributed by atoms with Crippen molar-refractivity contribution in [2.45, 2.75) is 60.3 Å². The van der Waals surface area contributed by atoms with Gasteiger partial charge in [0.25, 0.3) is 5.56 Å². The predicted molar refractivity (Wildman–Crippen MR) is 137 cm³/mol. The third-order valence-electron chi connectivity index (χ3n) is 5.99. The van der Waals surface area contributed by atoms with Crippen LogP contribution in [0.3, 0.4) is 0 Å². The van der Waals surface area contributed by atoms with Gasteiger partial charge in [0.1, 0.15) is 5.69 Å². The van der Waals surface area contributed by atoms with Crippen molar-refractivity contribution in [2.75, 3.05) is 6.54 Å². The van der Waals surface area contributed by atoms with Crippen LogP contribution in [0, 0.1) is 27.7 Å². The van der Waals surface area contributed by atoms with Crippen molar-refractivity contribution in [1.29, 1.82) is 0 Å². The molecule has 0 bridgehead atoms. The van der Waals surface area contributed by atoms with E-state index in [9.17, 15) is 9.59 Å². The lowest BCUT2D eigenvalue weighted by Crippen LogP contribution is -2.28. The Kier molecular flexibility index (Phi) is 6.97. The van der Waals surface area contributed by atoms with Crippen molar-refractivity contribution in [3.05, 3.63) is 68.2 Å². The lowest BCUT2D eigenvalue weighted by molar-refractivity contribution is -0.120. The minimum atomic E-state index is -0.192. The van der Waals surface area contributed by atoms with E-state index in [2.05, 4.69) is 43.2 Å². The van der Waals surface area contributed by atoms with Crippen LogP contribution < -0.4 is 10.9 Å². The summed E-state index contributed by atoms with van der Waals surface area (Å²) in [6.07, 6.45) is 3.29.